The standard InChI is InChI=1S/C21H26FN3O4/c1-21(2,28)19(27)25-8-6-14(7-9-25)13-29-20-23-10-16(11-24-20)17-5-3-4-15(12-26)18(17)22/h3-5,10-11,14,26,28H,6-9,12-13H2,1-2H3. The predicted octanol–water partition coefficient (Wildman–Crippen LogP) is 2.16. The predicted molar refractivity (Wildman–Crippen MR) is 104 cm³/mol. The van der Waals surface area contributed by atoms with Gasteiger partial charge in [0.15, 0.2) is 0 Å². The molecule has 0 saturated carbocycles. The van der Waals surface area contributed by atoms with Crippen LogP contribution < -0.4 is 4.74 Å². The third-order valence-electron chi connectivity index (χ3n) is 5.06. The lowest BCUT2D eigenvalue weighted by Gasteiger charge is -2.34. The fraction of sp³-hybridized carbons (Fsp3) is 0.476. The molecule has 0 bridgehead atoms. The summed E-state index contributed by atoms with van der Waals surface area (Å²) in [6.45, 7) is 4.21. The van der Waals surface area contributed by atoms with Crippen LogP contribution in [0.4, 0.5) is 4.39 Å². The molecule has 1 fully saturated rings. The highest BCUT2D eigenvalue weighted by Gasteiger charge is 2.32. The van der Waals surface area contributed by atoms with Gasteiger partial charge >= 0.3 is 6.01 Å². The number of aliphatic hydroxyl groups excluding tert-OH is 1. The van der Waals surface area contributed by atoms with Crippen molar-refractivity contribution in [1.82, 2.24) is 14.9 Å². The van der Waals surface area contributed by atoms with Gasteiger partial charge < -0.3 is 19.8 Å². The monoisotopic (exact) mass is 403 g/mol. The van der Waals surface area contributed by atoms with Crippen molar-refractivity contribution in [2.75, 3.05) is 19.7 Å². The summed E-state index contributed by atoms with van der Waals surface area (Å²) in [6, 6.07) is 5.01. The molecule has 2 aromatic rings. The van der Waals surface area contributed by atoms with E-state index in [-0.39, 0.29) is 30.0 Å². The third-order valence-corrected chi connectivity index (χ3v) is 5.06. The molecule has 0 spiro atoms. The number of halogens is 1. The zero-order chi connectivity index (χ0) is 21.0. The second-order valence-electron chi connectivity index (χ2n) is 7.80. The maximum Gasteiger partial charge on any atom is 0.316 e. The molecule has 1 aliphatic heterocycles. The van der Waals surface area contributed by atoms with E-state index in [1.165, 1.54) is 32.3 Å². The maximum atomic E-state index is 14.3. The topological polar surface area (TPSA) is 95.8 Å². The van der Waals surface area contributed by atoms with Crippen LogP contribution >= 0.6 is 0 Å². The van der Waals surface area contributed by atoms with E-state index in [2.05, 4.69) is 9.97 Å². The third kappa shape index (κ3) is 5.07. The highest BCUT2D eigenvalue weighted by molar-refractivity contribution is 5.84. The van der Waals surface area contributed by atoms with Crippen LogP contribution in [0.1, 0.15) is 32.3 Å². The molecular weight excluding hydrogens is 377 g/mol. The normalized spacial score (nSPS) is 15.4. The molecule has 0 unspecified atom stereocenters. The molecule has 1 amide bonds. The average molecular weight is 403 g/mol. The molecule has 2 N–H and O–H groups in total. The van der Waals surface area contributed by atoms with Crippen LogP contribution in [0.15, 0.2) is 30.6 Å². The van der Waals surface area contributed by atoms with E-state index in [0.717, 1.165) is 12.8 Å². The number of benzene rings is 1. The minimum Gasteiger partial charge on any atom is -0.463 e. The number of carbonyl (C=O) groups is 1. The summed E-state index contributed by atoms with van der Waals surface area (Å²) in [7, 11) is 0. The van der Waals surface area contributed by atoms with Crippen LogP contribution in [0.2, 0.25) is 0 Å². The van der Waals surface area contributed by atoms with E-state index in [0.29, 0.717) is 30.8 Å². The molecule has 3 rings (SSSR count). The van der Waals surface area contributed by atoms with E-state index in [1.807, 2.05) is 0 Å². The molecule has 8 heteroatoms. The van der Waals surface area contributed by atoms with Crippen LogP contribution in [0.25, 0.3) is 11.1 Å². The SMILES string of the molecule is CC(C)(O)C(=O)N1CCC(COc2ncc(-c3cccc(CO)c3F)cn2)CC1. The zero-order valence-electron chi connectivity index (χ0n) is 16.6. The van der Waals surface area contributed by atoms with Gasteiger partial charge in [0, 0.05) is 42.2 Å². The zero-order valence-corrected chi connectivity index (χ0v) is 16.6. The Morgan fingerprint density at radius 1 is 1.28 bits per heavy atom. The number of nitrogens with zero attached hydrogens (tertiary/aromatic N) is 3. The van der Waals surface area contributed by atoms with Gasteiger partial charge in [-0.1, -0.05) is 18.2 Å². The highest BCUT2D eigenvalue weighted by atomic mass is 19.1. The second kappa shape index (κ2) is 8.84. The Balaban J connectivity index is 1.54. The Kier molecular flexibility index (Phi) is 6.44. The number of aromatic nitrogens is 2. The number of likely N-dealkylation sites (tertiary alicyclic amines) is 1. The highest BCUT2D eigenvalue weighted by Crippen LogP contribution is 2.25. The quantitative estimate of drug-likeness (QED) is 0.768. The van der Waals surface area contributed by atoms with E-state index < -0.39 is 11.4 Å². The van der Waals surface area contributed by atoms with Crippen molar-refractivity contribution in [2.24, 2.45) is 5.92 Å². The van der Waals surface area contributed by atoms with Gasteiger partial charge in [0.1, 0.15) is 11.4 Å². The summed E-state index contributed by atoms with van der Waals surface area (Å²) in [5.41, 5.74) is -0.303. The van der Waals surface area contributed by atoms with Gasteiger partial charge in [-0.15, -0.1) is 0 Å². The lowest BCUT2D eigenvalue weighted by Crippen LogP contribution is -2.48. The molecule has 0 atom stereocenters. The van der Waals surface area contributed by atoms with Crippen molar-refractivity contribution in [3.63, 3.8) is 0 Å². The van der Waals surface area contributed by atoms with Crippen molar-refractivity contribution in [3.8, 4) is 17.1 Å². The summed E-state index contributed by atoms with van der Waals surface area (Å²) < 4.78 is 20.0. The van der Waals surface area contributed by atoms with Gasteiger partial charge in [-0.25, -0.2) is 14.4 Å². The van der Waals surface area contributed by atoms with Crippen LogP contribution in [-0.4, -0.2) is 56.3 Å². The Morgan fingerprint density at radius 2 is 1.93 bits per heavy atom. The number of carbonyl (C=O) groups excluding carboxylic acids is 1. The first kappa shape index (κ1) is 21.1. The molecule has 29 heavy (non-hydrogen) atoms. The van der Waals surface area contributed by atoms with E-state index in [1.54, 1.807) is 17.0 Å². The van der Waals surface area contributed by atoms with Gasteiger partial charge in [-0.2, -0.15) is 0 Å². The molecular formula is C21H26FN3O4. The minimum absolute atomic E-state index is 0.211. The van der Waals surface area contributed by atoms with E-state index in [9.17, 15) is 19.4 Å². The van der Waals surface area contributed by atoms with Crippen molar-refractivity contribution in [2.45, 2.75) is 38.9 Å². The Hall–Kier alpha value is -2.58. The summed E-state index contributed by atoms with van der Waals surface area (Å²) in [6.07, 6.45) is 4.54. The number of hydrogen-bond acceptors (Lipinski definition) is 6. The number of rotatable bonds is 6. The summed E-state index contributed by atoms with van der Waals surface area (Å²) in [4.78, 5) is 22.1. The second-order valence-corrected chi connectivity index (χ2v) is 7.80. The van der Waals surface area contributed by atoms with Gasteiger partial charge in [0.05, 0.1) is 13.2 Å². The number of ether oxygens (including phenoxy) is 1. The van der Waals surface area contributed by atoms with Crippen LogP contribution in [0.5, 0.6) is 6.01 Å². The lowest BCUT2D eigenvalue weighted by atomic mass is 9.96. The molecule has 0 radical (unpaired) electrons. The first-order chi connectivity index (χ1) is 13.8. The summed E-state index contributed by atoms with van der Waals surface area (Å²) >= 11 is 0. The first-order valence-electron chi connectivity index (χ1n) is 9.65. The smallest absolute Gasteiger partial charge is 0.316 e. The number of amides is 1. The summed E-state index contributed by atoms with van der Waals surface area (Å²) in [5, 5.41) is 19.0. The summed E-state index contributed by atoms with van der Waals surface area (Å²) in [5.74, 6) is -0.476. The molecule has 1 aromatic heterocycles. The first-order valence-corrected chi connectivity index (χ1v) is 9.65. The van der Waals surface area contributed by atoms with E-state index in [4.69, 9.17) is 4.74 Å². The van der Waals surface area contributed by atoms with Gasteiger partial charge in [0.2, 0.25) is 0 Å². The fourth-order valence-corrected chi connectivity index (χ4v) is 3.34. The largest absolute Gasteiger partial charge is 0.463 e. The van der Waals surface area contributed by atoms with Gasteiger partial charge in [0.25, 0.3) is 5.91 Å². The Bertz CT molecular complexity index is 844. The molecule has 2 heterocycles. The molecule has 156 valence electrons. The van der Waals surface area contributed by atoms with Crippen molar-refractivity contribution in [1.29, 1.82) is 0 Å². The van der Waals surface area contributed by atoms with E-state index >= 15 is 0 Å². The van der Waals surface area contributed by atoms with Crippen LogP contribution in [0, 0.1) is 11.7 Å². The van der Waals surface area contributed by atoms with Crippen LogP contribution in [0.3, 0.4) is 0 Å². The van der Waals surface area contributed by atoms with Crippen molar-refractivity contribution >= 4 is 5.91 Å². The van der Waals surface area contributed by atoms with Crippen molar-refractivity contribution < 1.29 is 24.1 Å². The fourth-order valence-electron chi connectivity index (χ4n) is 3.34. The Morgan fingerprint density at radius 3 is 2.52 bits per heavy atom. The molecule has 0 aliphatic carbocycles. The number of aliphatic hydroxyl groups is 2. The molecule has 1 saturated heterocycles. The average Bonchev–Trinajstić information content (AvgIpc) is 2.72. The van der Waals surface area contributed by atoms with Crippen molar-refractivity contribution in [3.05, 3.63) is 42.0 Å². The van der Waals surface area contributed by atoms with Crippen LogP contribution in [-0.2, 0) is 11.4 Å². The maximum absolute atomic E-state index is 14.3. The minimum atomic E-state index is -1.35. The molecule has 1 aromatic carbocycles. The van der Waals surface area contributed by atoms with Gasteiger partial charge in [-0.3, -0.25) is 4.79 Å². The molecule has 7 nitrogen and oxygen atoms in total. The molecule has 1 aliphatic rings. The number of piperidine rings is 1. The number of hydrogen-bond donors (Lipinski definition) is 2. The lowest BCUT2D eigenvalue weighted by molar-refractivity contribution is -0.149. The Labute approximate surface area is 169 Å². The van der Waals surface area contributed by atoms with Gasteiger partial charge in [-0.05, 0) is 32.6 Å².